The summed E-state index contributed by atoms with van der Waals surface area (Å²) in [6.07, 6.45) is 3.99. The van der Waals surface area contributed by atoms with Gasteiger partial charge in [-0.25, -0.2) is 0 Å². The van der Waals surface area contributed by atoms with Crippen LogP contribution in [0.5, 0.6) is 0 Å². The lowest BCUT2D eigenvalue weighted by molar-refractivity contribution is 0.0201. The topological polar surface area (TPSA) is 9.23 Å². The fourth-order valence-corrected chi connectivity index (χ4v) is 6.32. The van der Waals surface area contributed by atoms with E-state index in [0.29, 0.717) is 9.76 Å². The fraction of sp³-hybridized carbons (Fsp3) is 0.333. The van der Waals surface area contributed by atoms with Gasteiger partial charge in [0.1, 0.15) is 5.60 Å². The second-order valence-electron chi connectivity index (χ2n) is 8.39. The van der Waals surface area contributed by atoms with Crippen LogP contribution in [0, 0.1) is 0 Å². The molecule has 0 fully saturated rings. The first-order chi connectivity index (χ1) is 12.3. The van der Waals surface area contributed by atoms with Crippen LogP contribution in [0.3, 0.4) is 0 Å². The fourth-order valence-electron chi connectivity index (χ4n) is 4.84. The van der Waals surface area contributed by atoms with Gasteiger partial charge < -0.3 is 4.43 Å². The minimum Gasteiger partial charge on any atom is -0.402 e. The van der Waals surface area contributed by atoms with Gasteiger partial charge >= 0.3 is 0 Å². The van der Waals surface area contributed by atoms with Crippen molar-refractivity contribution in [3.8, 4) is 0 Å². The third-order valence-electron chi connectivity index (χ3n) is 7.16. The van der Waals surface area contributed by atoms with Crippen molar-refractivity contribution >= 4 is 9.76 Å². The summed E-state index contributed by atoms with van der Waals surface area (Å²) in [7, 11) is 0.343. The lowest BCUT2D eigenvalue weighted by Crippen LogP contribution is -2.62. The predicted molar refractivity (Wildman–Crippen MR) is 110 cm³/mol. The lowest BCUT2D eigenvalue weighted by atomic mass is 9.54. The lowest BCUT2D eigenvalue weighted by Gasteiger charge is -2.60. The minimum atomic E-state index is -0.507. The highest BCUT2D eigenvalue weighted by atomic mass is 28.2. The number of hydrogen-bond acceptors (Lipinski definition) is 1. The maximum atomic E-state index is 6.79. The molecule has 0 aliphatic heterocycles. The highest BCUT2D eigenvalue weighted by molar-refractivity contribution is 6.35. The van der Waals surface area contributed by atoms with E-state index in [-0.39, 0.29) is 15.9 Å². The Morgan fingerprint density at radius 1 is 0.769 bits per heavy atom. The minimum absolute atomic E-state index is 0.00617. The summed E-state index contributed by atoms with van der Waals surface area (Å²) >= 11 is 0. The molecule has 2 aromatic carbocycles. The third-order valence-corrected chi connectivity index (χ3v) is 8.89. The molecule has 2 aromatic rings. The van der Waals surface area contributed by atoms with Crippen molar-refractivity contribution in [3.05, 3.63) is 96.1 Å². The molecular weight excluding hydrogens is 332 g/mol. The van der Waals surface area contributed by atoms with Crippen LogP contribution < -0.4 is 0 Å². The number of fused-ring (bicyclic) bond motifs is 2. The first-order valence-corrected chi connectivity index (χ1v) is 10.1. The van der Waals surface area contributed by atoms with Crippen LogP contribution in [-0.2, 0) is 25.9 Å². The van der Waals surface area contributed by atoms with E-state index in [2.05, 4.69) is 89.4 Å². The Bertz CT molecular complexity index is 914. The maximum Gasteiger partial charge on any atom is 0.243 e. The van der Waals surface area contributed by atoms with Gasteiger partial charge in [-0.05, 0) is 34.6 Å². The highest BCUT2D eigenvalue weighted by Gasteiger charge is 2.61. The van der Waals surface area contributed by atoms with Gasteiger partial charge in [0.25, 0.3) is 0 Å². The molecule has 0 bridgehead atoms. The Balaban J connectivity index is 1.72. The summed E-state index contributed by atoms with van der Waals surface area (Å²) in [5.41, 5.74) is 4.70. The Hall–Kier alpha value is -1.90. The van der Waals surface area contributed by atoms with Crippen molar-refractivity contribution in [3.63, 3.8) is 0 Å². The molecule has 0 N–H and O–H groups in total. The zero-order valence-electron chi connectivity index (χ0n) is 16.1. The summed E-state index contributed by atoms with van der Waals surface area (Å²) in [6, 6.07) is 17.3. The van der Waals surface area contributed by atoms with Crippen molar-refractivity contribution < 1.29 is 4.43 Å². The van der Waals surface area contributed by atoms with E-state index in [1.807, 2.05) is 12.2 Å². The molecule has 0 spiro atoms. The van der Waals surface area contributed by atoms with Crippen molar-refractivity contribution in [1.82, 2.24) is 0 Å². The number of hydrogen-bond donors (Lipinski definition) is 0. The van der Waals surface area contributed by atoms with Crippen LogP contribution in [0.1, 0.15) is 49.9 Å². The van der Waals surface area contributed by atoms with E-state index in [4.69, 9.17) is 4.43 Å². The zero-order valence-corrected chi connectivity index (χ0v) is 17.1. The van der Waals surface area contributed by atoms with Crippen LogP contribution >= 0.6 is 0 Å². The molecule has 0 saturated carbocycles. The largest absolute Gasteiger partial charge is 0.402 e. The normalized spacial score (nSPS) is 33.2. The summed E-state index contributed by atoms with van der Waals surface area (Å²) in [5.74, 6) is 0. The molecule has 0 amide bonds. The zero-order chi connectivity index (χ0) is 18.8. The number of benzene rings is 2. The number of rotatable bonds is 5. The van der Waals surface area contributed by atoms with Gasteiger partial charge in [0.15, 0.2) is 0 Å². The van der Waals surface area contributed by atoms with E-state index >= 15 is 0 Å². The van der Waals surface area contributed by atoms with E-state index in [0.717, 1.165) is 0 Å². The van der Waals surface area contributed by atoms with Gasteiger partial charge in [-0.2, -0.15) is 0 Å². The quantitative estimate of drug-likeness (QED) is 0.516. The van der Waals surface area contributed by atoms with Gasteiger partial charge in [0, 0.05) is 10.5 Å². The van der Waals surface area contributed by atoms with Crippen molar-refractivity contribution in [2.45, 2.75) is 49.2 Å². The molecular formula is C24H26OSi. The van der Waals surface area contributed by atoms with Crippen LogP contribution in [0.15, 0.2) is 73.8 Å². The highest BCUT2D eigenvalue weighted by Crippen LogP contribution is 2.60. The third kappa shape index (κ3) is 1.74. The van der Waals surface area contributed by atoms with Crippen molar-refractivity contribution in [1.29, 1.82) is 0 Å². The van der Waals surface area contributed by atoms with E-state index in [1.165, 1.54) is 22.3 Å². The van der Waals surface area contributed by atoms with E-state index < -0.39 is 5.60 Å². The SMILES string of the molecule is C=CC1(C)c2ccccc2C1(C=C)O[Si]C1(C)c2ccccc2C1(C)C. The van der Waals surface area contributed by atoms with Crippen LogP contribution in [0.25, 0.3) is 0 Å². The molecule has 2 aliphatic rings. The first-order valence-electron chi connectivity index (χ1n) is 9.21. The average Bonchev–Trinajstić information content (AvgIpc) is 2.67. The molecule has 0 heterocycles. The van der Waals surface area contributed by atoms with E-state index in [9.17, 15) is 0 Å². The van der Waals surface area contributed by atoms with Crippen LogP contribution in [0.2, 0.25) is 0 Å². The summed E-state index contributed by atoms with van der Waals surface area (Å²) < 4.78 is 6.79. The predicted octanol–water partition coefficient (Wildman–Crippen LogP) is 5.37. The molecule has 3 atom stereocenters. The Morgan fingerprint density at radius 2 is 1.31 bits per heavy atom. The van der Waals surface area contributed by atoms with Crippen molar-refractivity contribution in [2.24, 2.45) is 0 Å². The molecule has 2 radical (unpaired) electrons. The second kappa shape index (κ2) is 5.31. The van der Waals surface area contributed by atoms with Gasteiger partial charge in [0.05, 0.1) is 0 Å². The molecule has 2 aliphatic carbocycles. The molecule has 2 heteroatoms. The Kier molecular flexibility index (Phi) is 3.57. The van der Waals surface area contributed by atoms with Gasteiger partial charge in [-0.15, -0.1) is 6.58 Å². The van der Waals surface area contributed by atoms with Crippen LogP contribution in [0.4, 0.5) is 0 Å². The molecule has 26 heavy (non-hydrogen) atoms. The Morgan fingerprint density at radius 3 is 1.88 bits per heavy atom. The van der Waals surface area contributed by atoms with Gasteiger partial charge in [0.2, 0.25) is 9.76 Å². The standard InChI is InChI=1S/C24H26OSi/c1-7-22(5)18-14-10-12-16-20(18)24(22,8-2)25-26-23(6)19-15-11-9-13-17(19)21(23,3)4/h7-16H,1-2H2,3-6H3. The molecule has 4 rings (SSSR count). The molecule has 1 nitrogen and oxygen atoms in total. The smallest absolute Gasteiger partial charge is 0.243 e. The van der Waals surface area contributed by atoms with Crippen LogP contribution in [-0.4, -0.2) is 9.76 Å². The molecule has 0 saturated heterocycles. The maximum absolute atomic E-state index is 6.79. The van der Waals surface area contributed by atoms with Gasteiger partial charge in [-0.3, -0.25) is 0 Å². The summed E-state index contributed by atoms with van der Waals surface area (Å²) in [6.45, 7) is 17.5. The van der Waals surface area contributed by atoms with Crippen molar-refractivity contribution in [2.75, 3.05) is 0 Å². The first kappa shape index (κ1) is 17.5. The van der Waals surface area contributed by atoms with E-state index in [1.54, 1.807) is 0 Å². The molecule has 0 aromatic heterocycles. The molecule has 3 unspecified atom stereocenters. The average molecular weight is 359 g/mol. The summed E-state index contributed by atoms with van der Waals surface area (Å²) in [5, 5.41) is 0.00617. The summed E-state index contributed by atoms with van der Waals surface area (Å²) in [4.78, 5) is 0. The van der Waals surface area contributed by atoms with Gasteiger partial charge in [-0.1, -0.05) is 88.0 Å². The molecule has 132 valence electrons. The second-order valence-corrected chi connectivity index (χ2v) is 9.80. The Labute approximate surface area is 159 Å². The monoisotopic (exact) mass is 358 g/mol.